The smallest absolute Gasteiger partial charge is 0.321 e. The van der Waals surface area contributed by atoms with Gasteiger partial charge in [-0.25, -0.2) is 0 Å². The predicted octanol–water partition coefficient (Wildman–Crippen LogP) is 1.27. The molecule has 0 bridgehead atoms. The Morgan fingerprint density at radius 1 is 0.938 bits per heavy atom. The molecule has 0 unspecified atom stereocenters. The van der Waals surface area contributed by atoms with E-state index in [0.717, 1.165) is 12.8 Å². The molecule has 16 heavy (non-hydrogen) atoms. The van der Waals surface area contributed by atoms with Gasteiger partial charge >= 0.3 is 11.9 Å². The standard InChI is InChI=1S/C11H16O5/c12-8(13)11(9(14)15)5-3-10(4-6-11)2-1-7-16-10/h1-7H2,(H,12,13)(H,14,15). The van der Waals surface area contributed by atoms with Gasteiger partial charge in [-0.3, -0.25) is 9.59 Å². The molecule has 1 heterocycles. The summed E-state index contributed by atoms with van der Waals surface area (Å²) in [5.41, 5.74) is -1.81. The lowest BCUT2D eigenvalue weighted by Gasteiger charge is -2.39. The summed E-state index contributed by atoms with van der Waals surface area (Å²) in [4.78, 5) is 22.2. The normalized spacial score (nSPS) is 26.8. The Kier molecular flexibility index (Phi) is 2.66. The molecule has 2 aliphatic rings. The molecule has 0 aromatic carbocycles. The topological polar surface area (TPSA) is 83.8 Å². The maximum absolute atomic E-state index is 11.1. The van der Waals surface area contributed by atoms with Gasteiger partial charge in [0.1, 0.15) is 0 Å². The summed E-state index contributed by atoms with van der Waals surface area (Å²) in [5, 5.41) is 18.1. The maximum Gasteiger partial charge on any atom is 0.321 e. The summed E-state index contributed by atoms with van der Waals surface area (Å²) in [6.07, 6.45) is 3.38. The monoisotopic (exact) mass is 228 g/mol. The van der Waals surface area contributed by atoms with E-state index in [2.05, 4.69) is 0 Å². The summed E-state index contributed by atoms with van der Waals surface area (Å²) in [6.45, 7) is 0.715. The van der Waals surface area contributed by atoms with E-state index in [1.807, 2.05) is 0 Å². The van der Waals surface area contributed by atoms with Gasteiger partial charge in [0.05, 0.1) is 5.60 Å². The van der Waals surface area contributed by atoms with Gasteiger partial charge in [0, 0.05) is 6.61 Å². The van der Waals surface area contributed by atoms with Crippen LogP contribution in [0.15, 0.2) is 0 Å². The first-order valence-corrected chi connectivity index (χ1v) is 5.62. The molecule has 2 rings (SSSR count). The lowest BCUT2D eigenvalue weighted by molar-refractivity contribution is -0.171. The zero-order valence-electron chi connectivity index (χ0n) is 9.07. The van der Waals surface area contributed by atoms with Crippen LogP contribution >= 0.6 is 0 Å². The third-order valence-corrected chi connectivity index (χ3v) is 4.02. The van der Waals surface area contributed by atoms with Crippen LogP contribution in [0.3, 0.4) is 0 Å². The van der Waals surface area contributed by atoms with Gasteiger partial charge in [0.25, 0.3) is 0 Å². The van der Waals surface area contributed by atoms with Crippen LogP contribution in [0.1, 0.15) is 38.5 Å². The zero-order valence-corrected chi connectivity index (χ0v) is 9.07. The van der Waals surface area contributed by atoms with Crippen molar-refractivity contribution < 1.29 is 24.5 Å². The van der Waals surface area contributed by atoms with Crippen molar-refractivity contribution in [1.29, 1.82) is 0 Å². The lowest BCUT2D eigenvalue weighted by Crippen LogP contribution is -2.47. The first-order chi connectivity index (χ1) is 7.51. The molecule has 2 N–H and O–H groups in total. The van der Waals surface area contributed by atoms with Gasteiger partial charge in [-0.2, -0.15) is 0 Å². The highest BCUT2D eigenvalue weighted by atomic mass is 16.5. The number of hydrogen-bond acceptors (Lipinski definition) is 3. The lowest BCUT2D eigenvalue weighted by atomic mass is 9.68. The van der Waals surface area contributed by atoms with Crippen molar-refractivity contribution in [1.82, 2.24) is 0 Å². The fraction of sp³-hybridized carbons (Fsp3) is 0.818. The van der Waals surface area contributed by atoms with Gasteiger partial charge in [0.15, 0.2) is 5.41 Å². The molecule has 5 heteroatoms. The van der Waals surface area contributed by atoms with Crippen LogP contribution < -0.4 is 0 Å². The third kappa shape index (κ3) is 1.59. The van der Waals surface area contributed by atoms with Gasteiger partial charge in [-0.1, -0.05) is 0 Å². The summed E-state index contributed by atoms with van der Waals surface area (Å²) in [7, 11) is 0. The van der Waals surface area contributed by atoms with E-state index in [4.69, 9.17) is 14.9 Å². The number of carboxylic acid groups (broad SMARTS) is 2. The van der Waals surface area contributed by atoms with Crippen molar-refractivity contribution >= 4 is 11.9 Å². The molecule has 5 nitrogen and oxygen atoms in total. The Hall–Kier alpha value is -1.10. The van der Waals surface area contributed by atoms with E-state index in [0.29, 0.717) is 19.4 Å². The van der Waals surface area contributed by atoms with E-state index < -0.39 is 17.4 Å². The Morgan fingerprint density at radius 3 is 1.88 bits per heavy atom. The molecule has 1 aliphatic heterocycles. The average Bonchev–Trinajstić information content (AvgIpc) is 2.67. The molecule has 0 aromatic heterocycles. The van der Waals surface area contributed by atoms with Crippen LogP contribution in [-0.2, 0) is 14.3 Å². The number of rotatable bonds is 2. The maximum atomic E-state index is 11.1. The first kappa shape index (κ1) is 11.4. The first-order valence-electron chi connectivity index (χ1n) is 5.62. The van der Waals surface area contributed by atoms with E-state index in [1.165, 1.54) is 0 Å². The van der Waals surface area contributed by atoms with Gasteiger partial charge in [-0.15, -0.1) is 0 Å². The molecule has 0 atom stereocenters. The van der Waals surface area contributed by atoms with E-state index in [1.54, 1.807) is 0 Å². The minimum atomic E-state index is -1.59. The molecule has 1 saturated heterocycles. The Bertz CT molecular complexity index is 290. The molecule has 0 aromatic rings. The van der Waals surface area contributed by atoms with Crippen LogP contribution in [0.25, 0.3) is 0 Å². The number of carbonyl (C=O) groups is 2. The molecule has 1 aliphatic carbocycles. The molecule has 0 amide bonds. The molecule has 0 radical (unpaired) electrons. The molecule has 90 valence electrons. The predicted molar refractivity (Wildman–Crippen MR) is 54.1 cm³/mol. The van der Waals surface area contributed by atoms with Crippen LogP contribution in [0, 0.1) is 5.41 Å². The highest BCUT2D eigenvalue weighted by molar-refractivity contribution is 5.98. The second kappa shape index (κ2) is 3.73. The molecule has 2 fully saturated rings. The summed E-state index contributed by atoms with van der Waals surface area (Å²) >= 11 is 0. The van der Waals surface area contributed by atoms with Gasteiger partial charge < -0.3 is 14.9 Å². The molecule has 1 spiro atoms. The Labute approximate surface area is 93.4 Å². The van der Waals surface area contributed by atoms with Crippen molar-refractivity contribution in [2.75, 3.05) is 6.61 Å². The van der Waals surface area contributed by atoms with Crippen LogP contribution in [0.4, 0.5) is 0 Å². The van der Waals surface area contributed by atoms with Gasteiger partial charge in [-0.05, 0) is 38.5 Å². The highest BCUT2D eigenvalue weighted by Gasteiger charge is 2.53. The number of carboxylic acids is 2. The van der Waals surface area contributed by atoms with Crippen molar-refractivity contribution in [3.63, 3.8) is 0 Å². The van der Waals surface area contributed by atoms with E-state index in [9.17, 15) is 9.59 Å². The fourth-order valence-corrected chi connectivity index (χ4v) is 2.80. The van der Waals surface area contributed by atoms with Crippen LogP contribution in [0.2, 0.25) is 0 Å². The summed E-state index contributed by atoms with van der Waals surface area (Å²) in [6, 6.07) is 0. The molecule has 1 saturated carbocycles. The average molecular weight is 228 g/mol. The second-order valence-electron chi connectivity index (χ2n) is 4.83. The number of ether oxygens (including phenoxy) is 1. The van der Waals surface area contributed by atoms with Crippen LogP contribution in [-0.4, -0.2) is 34.4 Å². The third-order valence-electron chi connectivity index (χ3n) is 4.02. The highest BCUT2D eigenvalue weighted by Crippen LogP contribution is 2.47. The van der Waals surface area contributed by atoms with Crippen molar-refractivity contribution in [2.45, 2.75) is 44.1 Å². The SMILES string of the molecule is O=C(O)C1(C(=O)O)CCC2(CCCO2)CC1. The van der Waals surface area contributed by atoms with Crippen molar-refractivity contribution in [2.24, 2.45) is 5.41 Å². The minimum absolute atomic E-state index is 0.178. The second-order valence-corrected chi connectivity index (χ2v) is 4.83. The number of aliphatic carboxylic acids is 2. The van der Waals surface area contributed by atoms with Crippen molar-refractivity contribution in [3.05, 3.63) is 0 Å². The largest absolute Gasteiger partial charge is 0.480 e. The number of hydrogen-bond donors (Lipinski definition) is 2. The quantitative estimate of drug-likeness (QED) is 0.695. The summed E-state index contributed by atoms with van der Waals surface area (Å²) < 4.78 is 5.65. The fourth-order valence-electron chi connectivity index (χ4n) is 2.80. The minimum Gasteiger partial charge on any atom is -0.480 e. The van der Waals surface area contributed by atoms with E-state index >= 15 is 0 Å². The molecular weight excluding hydrogens is 212 g/mol. The molecular formula is C11H16O5. The summed E-state index contributed by atoms with van der Waals surface area (Å²) in [5.74, 6) is -2.43. The Morgan fingerprint density at radius 2 is 1.50 bits per heavy atom. The van der Waals surface area contributed by atoms with Gasteiger partial charge in [0.2, 0.25) is 0 Å². The Balaban J connectivity index is 2.12. The van der Waals surface area contributed by atoms with Crippen molar-refractivity contribution in [3.8, 4) is 0 Å². The zero-order chi connectivity index (χ0) is 11.8. The van der Waals surface area contributed by atoms with Crippen LogP contribution in [0.5, 0.6) is 0 Å². The van der Waals surface area contributed by atoms with E-state index in [-0.39, 0.29) is 18.4 Å².